The summed E-state index contributed by atoms with van der Waals surface area (Å²) in [5.74, 6) is 1.03. The molecule has 3 rings (SSSR count). The van der Waals surface area contributed by atoms with E-state index in [0.29, 0.717) is 5.41 Å². The number of nitrogens with one attached hydrogen (secondary N) is 2. The van der Waals surface area contributed by atoms with Crippen molar-refractivity contribution in [3.63, 3.8) is 0 Å². The largest absolute Gasteiger partial charge is 0.369 e. The fourth-order valence-electron chi connectivity index (χ4n) is 2.69. The predicted molar refractivity (Wildman–Crippen MR) is 76.4 cm³/mol. The lowest BCUT2D eigenvalue weighted by atomic mass is 9.81. The van der Waals surface area contributed by atoms with Gasteiger partial charge >= 0.3 is 0 Å². The van der Waals surface area contributed by atoms with Crippen LogP contribution < -0.4 is 10.6 Å². The molecule has 2 aromatic heterocycles. The molecule has 5 heteroatoms. The molecule has 0 radical (unpaired) electrons. The molecule has 0 aromatic carbocycles. The van der Waals surface area contributed by atoms with Gasteiger partial charge in [-0.1, -0.05) is 6.92 Å². The van der Waals surface area contributed by atoms with E-state index in [1.807, 2.05) is 10.6 Å². The van der Waals surface area contributed by atoms with Crippen LogP contribution in [-0.4, -0.2) is 34.2 Å². The van der Waals surface area contributed by atoms with Crippen LogP contribution in [0.3, 0.4) is 0 Å². The quantitative estimate of drug-likeness (QED) is 0.883. The molecule has 0 bridgehead atoms. The number of nitrogens with zero attached hydrogens (tertiary/aromatic N) is 3. The number of hydrogen-bond acceptors (Lipinski definition) is 4. The first-order valence-corrected chi connectivity index (χ1v) is 6.91. The van der Waals surface area contributed by atoms with Gasteiger partial charge in [0, 0.05) is 6.54 Å². The molecule has 1 fully saturated rings. The van der Waals surface area contributed by atoms with Crippen molar-refractivity contribution in [3.8, 4) is 0 Å². The van der Waals surface area contributed by atoms with Crippen LogP contribution >= 0.6 is 0 Å². The Labute approximate surface area is 113 Å². The van der Waals surface area contributed by atoms with E-state index in [1.54, 1.807) is 6.33 Å². The molecule has 0 amide bonds. The second-order valence-electron chi connectivity index (χ2n) is 5.86. The summed E-state index contributed by atoms with van der Waals surface area (Å²) in [4.78, 5) is 4.25. The third-order valence-electron chi connectivity index (χ3n) is 4.03. The number of aryl methyl sites for hydroxylation is 1. The maximum Gasteiger partial charge on any atom is 0.157 e. The van der Waals surface area contributed by atoms with Crippen molar-refractivity contribution >= 4 is 11.5 Å². The number of pyridine rings is 1. The van der Waals surface area contributed by atoms with E-state index in [-0.39, 0.29) is 0 Å². The first-order valence-electron chi connectivity index (χ1n) is 6.91. The highest BCUT2D eigenvalue weighted by Gasteiger charge is 2.26. The van der Waals surface area contributed by atoms with E-state index < -0.39 is 0 Å². The van der Waals surface area contributed by atoms with Gasteiger partial charge in [-0.25, -0.2) is 4.98 Å². The van der Waals surface area contributed by atoms with Crippen LogP contribution in [0.25, 0.3) is 5.65 Å². The summed E-state index contributed by atoms with van der Waals surface area (Å²) in [5, 5.41) is 11.3. The second kappa shape index (κ2) is 4.81. The molecule has 2 N–H and O–H groups in total. The van der Waals surface area contributed by atoms with Crippen LogP contribution in [0.1, 0.15) is 25.3 Å². The lowest BCUT2D eigenvalue weighted by Crippen LogP contribution is -2.39. The van der Waals surface area contributed by atoms with Crippen molar-refractivity contribution in [2.75, 3.05) is 25.0 Å². The number of fused-ring (bicyclic) bond motifs is 1. The Balaban J connectivity index is 1.79. The highest BCUT2D eigenvalue weighted by Crippen LogP contribution is 2.28. The molecule has 2 aromatic rings. The van der Waals surface area contributed by atoms with Crippen molar-refractivity contribution in [2.45, 2.75) is 26.7 Å². The van der Waals surface area contributed by atoms with Crippen molar-refractivity contribution in [1.82, 2.24) is 19.9 Å². The summed E-state index contributed by atoms with van der Waals surface area (Å²) in [6, 6.07) is 4.18. The van der Waals surface area contributed by atoms with Crippen LogP contribution in [0, 0.1) is 12.3 Å². The molecule has 19 heavy (non-hydrogen) atoms. The Morgan fingerprint density at radius 1 is 1.37 bits per heavy atom. The van der Waals surface area contributed by atoms with Gasteiger partial charge in [0.25, 0.3) is 0 Å². The Hall–Kier alpha value is -1.62. The normalized spacial score (nSPS) is 18.6. The third kappa shape index (κ3) is 2.56. The molecule has 0 spiro atoms. The predicted octanol–water partition coefficient (Wildman–Crippen LogP) is 1.84. The van der Waals surface area contributed by atoms with E-state index in [0.717, 1.165) is 31.1 Å². The zero-order chi connectivity index (χ0) is 13.3. The third-order valence-corrected chi connectivity index (χ3v) is 4.03. The maximum absolute atomic E-state index is 4.28. The van der Waals surface area contributed by atoms with E-state index in [2.05, 4.69) is 40.6 Å². The van der Waals surface area contributed by atoms with Gasteiger partial charge in [0.15, 0.2) is 5.65 Å². The molecule has 102 valence electrons. The molecule has 3 heterocycles. The summed E-state index contributed by atoms with van der Waals surface area (Å²) in [6.45, 7) is 7.66. The minimum Gasteiger partial charge on any atom is -0.369 e. The molecule has 0 atom stereocenters. The average Bonchev–Trinajstić information content (AvgIpc) is 2.85. The first kappa shape index (κ1) is 12.4. The lowest BCUT2D eigenvalue weighted by Gasteiger charge is -2.34. The molecule has 1 aliphatic rings. The van der Waals surface area contributed by atoms with E-state index in [4.69, 9.17) is 0 Å². The number of aromatic nitrogens is 3. The van der Waals surface area contributed by atoms with Gasteiger partial charge in [0.2, 0.25) is 0 Å². The maximum atomic E-state index is 4.28. The van der Waals surface area contributed by atoms with Crippen molar-refractivity contribution in [3.05, 3.63) is 24.0 Å². The van der Waals surface area contributed by atoms with Crippen LogP contribution in [-0.2, 0) is 0 Å². The number of rotatable bonds is 3. The van der Waals surface area contributed by atoms with Gasteiger partial charge in [-0.3, -0.25) is 0 Å². The number of anilines is 1. The summed E-state index contributed by atoms with van der Waals surface area (Å²) in [5.41, 5.74) is 2.47. The van der Waals surface area contributed by atoms with Gasteiger partial charge in [0.05, 0.1) is 0 Å². The minimum atomic E-state index is 0.363. The van der Waals surface area contributed by atoms with Gasteiger partial charge in [-0.15, -0.1) is 0 Å². The second-order valence-corrected chi connectivity index (χ2v) is 5.86. The fourth-order valence-corrected chi connectivity index (χ4v) is 2.69. The minimum absolute atomic E-state index is 0.363. The molecule has 0 saturated carbocycles. The first-order chi connectivity index (χ1) is 9.16. The highest BCUT2D eigenvalue weighted by molar-refractivity contribution is 5.51. The molecule has 0 aliphatic carbocycles. The Morgan fingerprint density at radius 3 is 2.95 bits per heavy atom. The molecular weight excluding hydrogens is 238 g/mol. The summed E-state index contributed by atoms with van der Waals surface area (Å²) >= 11 is 0. The molecule has 0 unspecified atom stereocenters. The number of piperidine rings is 1. The Morgan fingerprint density at radius 2 is 2.16 bits per heavy atom. The summed E-state index contributed by atoms with van der Waals surface area (Å²) < 4.78 is 1.87. The molecule has 1 saturated heterocycles. The zero-order valence-electron chi connectivity index (χ0n) is 11.6. The lowest BCUT2D eigenvalue weighted by molar-refractivity contribution is 0.247. The van der Waals surface area contributed by atoms with Crippen LogP contribution in [0.2, 0.25) is 0 Å². The fraction of sp³-hybridized carbons (Fsp3) is 0.571. The van der Waals surface area contributed by atoms with E-state index in [9.17, 15) is 0 Å². The van der Waals surface area contributed by atoms with Crippen molar-refractivity contribution in [2.24, 2.45) is 5.41 Å². The average molecular weight is 259 g/mol. The van der Waals surface area contributed by atoms with Crippen LogP contribution in [0.4, 0.5) is 5.82 Å². The zero-order valence-corrected chi connectivity index (χ0v) is 11.6. The van der Waals surface area contributed by atoms with Crippen molar-refractivity contribution in [1.29, 1.82) is 0 Å². The molecule has 1 aliphatic heterocycles. The topological polar surface area (TPSA) is 54.2 Å². The van der Waals surface area contributed by atoms with Gasteiger partial charge in [-0.05, 0) is 56.0 Å². The molecule has 5 nitrogen and oxygen atoms in total. The Bertz CT molecular complexity index is 568. The van der Waals surface area contributed by atoms with Gasteiger partial charge in [-0.2, -0.15) is 9.61 Å². The monoisotopic (exact) mass is 259 g/mol. The van der Waals surface area contributed by atoms with E-state index in [1.165, 1.54) is 18.4 Å². The summed E-state index contributed by atoms with van der Waals surface area (Å²) in [7, 11) is 0. The standard InChI is InChI=1S/C14H21N5/c1-11-7-12(19-13(8-11)17-10-18-19)16-9-14(2)3-5-15-6-4-14/h7-8,10,15-16H,3-6,9H2,1-2H3. The molecular formula is C14H21N5. The number of hydrogen-bond donors (Lipinski definition) is 2. The van der Waals surface area contributed by atoms with E-state index >= 15 is 0 Å². The highest BCUT2D eigenvalue weighted by atomic mass is 15.3. The van der Waals surface area contributed by atoms with Crippen LogP contribution in [0.15, 0.2) is 18.5 Å². The smallest absolute Gasteiger partial charge is 0.157 e. The van der Waals surface area contributed by atoms with Gasteiger partial charge in [0.1, 0.15) is 12.1 Å². The summed E-state index contributed by atoms with van der Waals surface area (Å²) in [6.07, 6.45) is 4.03. The van der Waals surface area contributed by atoms with Crippen LogP contribution in [0.5, 0.6) is 0 Å². The SMILES string of the molecule is Cc1cc(NCC2(C)CCNCC2)n2ncnc2c1. The van der Waals surface area contributed by atoms with Crippen molar-refractivity contribution < 1.29 is 0 Å². The Kier molecular flexibility index (Phi) is 3.14. The van der Waals surface area contributed by atoms with Gasteiger partial charge < -0.3 is 10.6 Å².